The zero-order valence-corrected chi connectivity index (χ0v) is 16.1. The van der Waals surface area contributed by atoms with E-state index in [1.807, 2.05) is 6.07 Å². The van der Waals surface area contributed by atoms with E-state index in [1.54, 1.807) is 24.4 Å². The summed E-state index contributed by atoms with van der Waals surface area (Å²) in [5.41, 5.74) is 3.85. The summed E-state index contributed by atoms with van der Waals surface area (Å²) >= 11 is 0. The molecule has 0 saturated carbocycles. The second-order valence-corrected chi connectivity index (χ2v) is 7.10. The summed E-state index contributed by atoms with van der Waals surface area (Å²) in [6, 6.07) is 7.04. The van der Waals surface area contributed by atoms with E-state index in [9.17, 15) is 5.11 Å². The highest BCUT2D eigenvalue weighted by molar-refractivity contribution is 5.81. The molecule has 28 heavy (non-hydrogen) atoms. The van der Waals surface area contributed by atoms with Crippen molar-refractivity contribution in [3.05, 3.63) is 29.8 Å². The molecule has 2 fully saturated rings. The van der Waals surface area contributed by atoms with Gasteiger partial charge < -0.3 is 19.6 Å². The first-order valence-corrected chi connectivity index (χ1v) is 9.78. The third-order valence-electron chi connectivity index (χ3n) is 5.12. The van der Waals surface area contributed by atoms with Crippen LogP contribution >= 0.6 is 0 Å². The van der Waals surface area contributed by atoms with Crippen LogP contribution in [0.4, 0.5) is 17.6 Å². The van der Waals surface area contributed by atoms with Crippen molar-refractivity contribution in [2.45, 2.75) is 25.7 Å². The minimum absolute atomic E-state index is 0.105. The zero-order chi connectivity index (χ0) is 19.3. The van der Waals surface area contributed by atoms with E-state index in [0.717, 1.165) is 43.5 Å². The first-order valence-electron chi connectivity index (χ1n) is 9.78. The molecule has 2 N–H and O–H groups in total. The van der Waals surface area contributed by atoms with E-state index >= 15 is 0 Å². The summed E-state index contributed by atoms with van der Waals surface area (Å²) < 4.78 is 5.13. The van der Waals surface area contributed by atoms with Crippen LogP contribution in [0.25, 0.3) is 0 Å². The Hall–Kier alpha value is -3.03. The molecule has 0 spiro atoms. The summed E-state index contributed by atoms with van der Waals surface area (Å²) in [7, 11) is 1.52. The van der Waals surface area contributed by atoms with E-state index in [4.69, 9.17) is 9.72 Å². The number of phenolic OH excluding ortho intramolecular Hbond substituents is 1. The predicted molar refractivity (Wildman–Crippen MR) is 111 cm³/mol. The minimum atomic E-state index is 0.105. The van der Waals surface area contributed by atoms with Crippen molar-refractivity contribution in [1.29, 1.82) is 0 Å². The van der Waals surface area contributed by atoms with Crippen LogP contribution in [-0.2, 0) is 0 Å². The average molecular weight is 382 g/mol. The van der Waals surface area contributed by atoms with Crippen molar-refractivity contribution < 1.29 is 9.84 Å². The molecule has 0 unspecified atom stereocenters. The van der Waals surface area contributed by atoms with Gasteiger partial charge in [0.2, 0.25) is 5.95 Å². The third-order valence-corrected chi connectivity index (χ3v) is 5.12. The maximum absolute atomic E-state index is 9.70. The molecule has 4 rings (SSSR count). The molecule has 2 aliphatic heterocycles. The minimum Gasteiger partial charge on any atom is -0.504 e. The molecule has 3 heterocycles. The number of aromatic hydroxyl groups is 1. The number of phenols is 1. The lowest BCUT2D eigenvalue weighted by Crippen LogP contribution is -2.24. The first kappa shape index (κ1) is 18.3. The van der Waals surface area contributed by atoms with Crippen LogP contribution in [0.15, 0.2) is 29.4 Å². The summed E-state index contributed by atoms with van der Waals surface area (Å²) in [4.78, 5) is 14.0. The number of nitrogens with one attached hydrogen (secondary N) is 1. The topological polar surface area (TPSA) is 86.1 Å². The highest BCUT2D eigenvalue weighted by atomic mass is 16.5. The van der Waals surface area contributed by atoms with Crippen molar-refractivity contribution in [1.82, 2.24) is 9.97 Å². The Morgan fingerprint density at radius 1 is 1.04 bits per heavy atom. The lowest BCUT2D eigenvalue weighted by molar-refractivity contribution is 0.373. The van der Waals surface area contributed by atoms with Gasteiger partial charge in [0, 0.05) is 32.2 Å². The van der Waals surface area contributed by atoms with E-state index < -0.39 is 0 Å². The van der Waals surface area contributed by atoms with Gasteiger partial charge in [0.1, 0.15) is 5.82 Å². The Kier molecular flexibility index (Phi) is 5.45. The molecule has 0 bridgehead atoms. The van der Waals surface area contributed by atoms with Crippen LogP contribution in [0.2, 0.25) is 0 Å². The Morgan fingerprint density at radius 2 is 1.75 bits per heavy atom. The molecule has 8 nitrogen and oxygen atoms in total. The quantitative estimate of drug-likeness (QED) is 0.587. The standard InChI is InChI=1S/C20H26N6O2/c1-28-17-12-15(6-7-16(17)27)14-21-24-18-13-19(25-8-2-3-9-25)23-20(22-18)26-10-4-5-11-26/h6-7,12-14,27H,2-5,8-11H2,1H3,(H,22,23,24)/b21-14+. The number of hydrogen-bond acceptors (Lipinski definition) is 8. The molecule has 2 saturated heterocycles. The number of anilines is 3. The maximum atomic E-state index is 9.70. The van der Waals surface area contributed by atoms with Crippen molar-refractivity contribution >= 4 is 23.8 Å². The van der Waals surface area contributed by atoms with E-state index in [2.05, 4.69) is 25.3 Å². The molecule has 1 aromatic heterocycles. The summed E-state index contributed by atoms with van der Waals surface area (Å²) in [6.45, 7) is 4.07. The molecule has 8 heteroatoms. The molecular weight excluding hydrogens is 356 g/mol. The average Bonchev–Trinajstić information content (AvgIpc) is 3.43. The van der Waals surface area contributed by atoms with Gasteiger partial charge >= 0.3 is 0 Å². The molecule has 0 radical (unpaired) electrons. The molecule has 148 valence electrons. The van der Waals surface area contributed by atoms with Crippen molar-refractivity contribution in [3.63, 3.8) is 0 Å². The fourth-order valence-electron chi connectivity index (χ4n) is 3.59. The van der Waals surface area contributed by atoms with Crippen molar-refractivity contribution in [2.75, 3.05) is 48.5 Å². The van der Waals surface area contributed by atoms with Crippen molar-refractivity contribution in [2.24, 2.45) is 5.10 Å². The van der Waals surface area contributed by atoms with E-state index in [0.29, 0.717) is 11.6 Å². The Morgan fingerprint density at radius 3 is 2.46 bits per heavy atom. The summed E-state index contributed by atoms with van der Waals surface area (Å²) in [5.74, 6) is 2.93. The molecule has 0 atom stereocenters. The van der Waals surface area contributed by atoms with Gasteiger partial charge in [0.15, 0.2) is 17.3 Å². The second-order valence-electron chi connectivity index (χ2n) is 7.10. The van der Waals surface area contributed by atoms with Crippen LogP contribution in [0, 0.1) is 0 Å². The van der Waals surface area contributed by atoms with Gasteiger partial charge in [-0.05, 0) is 49.4 Å². The number of hydrogen-bond donors (Lipinski definition) is 2. The zero-order valence-electron chi connectivity index (χ0n) is 16.1. The van der Waals surface area contributed by atoms with Crippen LogP contribution in [0.5, 0.6) is 11.5 Å². The van der Waals surface area contributed by atoms with Gasteiger partial charge in [-0.2, -0.15) is 15.1 Å². The van der Waals surface area contributed by atoms with Crippen LogP contribution < -0.4 is 20.0 Å². The highest BCUT2D eigenvalue weighted by Gasteiger charge is 2.20. The van der Waals surface area contributed by atoms with Crippen LogP contribution in [0.1, 0.15) is 31.2 Å². The molecule has 1 aromatic carbocycles. The number of methoxy groups -OCH3 is 1. The lowest BCUT2D eigenvalue weighted by Gasteiger charge is -2.21. The smallest absolute Gasteiger partial charge is 0.229 e. The predicted octanol–water partition coefficient (Wildman–Crippen LogP) is 2.84. The van der Waals surface area contributed by atoms with Gasteiger partial charge in [-0.15, -0.1) is 0 Å². The van der Waals surface area contributed by atoms with Crippen LogP contribution in [0.3, 0.4) is 0 Å². The fraction of sp³-hybridized carbons (Fsp3) is 0.450. The number of nitrogens with zero attached hydrogens (tertiary/aromatic N) is 5. The molecule has 2 aliphatic rings. The Labute approximate surface area is 164 Å². The number of ether oxygens (including phenoxy) is 1. The van der Waals surface area contributed by atoms with Gasteiger partial charge in [0.25, 0.3) is 0 Å². The highest BCUT2D eigenvalue weighted by Crippen LogP contribution is 2.27. The van der Waals surface area contributed by atoms with Gasteiger partial charge in [-0.3, -0.25) is 5.43 Å². The third kappa shape index (κ3) is 4.11. The largest absolute Gasteiger partial charge is 0.504 e. The van der Waals surface area contributed by atoms with E-state index in [1.165, 1.54) is 32.8 Å². The molecule has 2 aromatic rings. The Balaban J connectivity index is 1.54. The number of rotatable bonds is 6. The Bertz CT molecular complexity index is 810. The van der Waals surface area contributed by atoms with Crippen molar-refractivity contribution in [3.8, 4) is 11.5 Å². The summed E-state index contributed by atoms with van der Waals surface area (Å²) in [6.07, 6.45) is 6.44. The molecular formula is C20H26N6O2. The van der Waals surface area contributed by atoms with Gasteiger partial charge in [-0.25, -0.2) is 0 Å². The molecule has 0 amide bonds. The summed E-state index contributed by atoms with van der Waals surface area (Å²) in [5, 5.41) is 14.0. The number of benzene rings is 1. The number of hydrazone groups is 1. The van der Waals surface area contributed by atoms with E-state index in [-0.39, 0.29) is 5.75 Å². The number of aromatic nitrogens is 2. The lowest BCUT2D eigenvalue weighted by atomic mass is 10.2. The van der Waals surface area contributed by atoms with Gasteiger partial charge in [0.05, 0.1) is 13.3 Å². The first-order chi connectivity index (χ1) is 13.7. The molecule has 0 aliphatic carbocycles. The maximum Gasteiger partial charge on any atom is 0.229 e. The monoisotopic (exact) mass is 382 g/mol. The SMILES string of the molecule is COc1cc(/C=N/Nc2cc(N3CCCC3)nc(N3CCCC3)n2)ccc1O. The normalized spacial score (nSPS) is 16.9. The second kappa shape index (κ2) is 8.33. The fourth-order valence-corrected chi connectivity index (χ4v) is 3.59. The van der Waals surface area contributed by atoms with Gasteiger partial charge in [-0.1, -0.05) is 0 Å². The van der Waals surface area contributed by atoms with Crippen LogP contribution in [-0.4, -0.2) is 54.6 Å².